The molecule has 7 nitrogen and oxygen atoms in total. The molecule has 1 aliphatic heterocycles. The molecule has 4 atom stereocenters. The molecule has 1 aliphatic carbocycles. The molecular weight excluding hydrogens is 600 g/mol. The molecule has 1 N–H and O–H groups in total. The number of benzene rings is 4. The van der Waals surface area contributed by atoms with E-state index in [9.17, 15) is 9.59 Å². The zero-order chi connectivity index (χ0) is 32.2. The number of anilines is 1. The van der Waals surface area contributed by atoms with Gasteiger partial charge in [0.05, 0.1) is 26.2 Å². The van der Waals surface area contributed by atoms with Gasteiger partial charge in [0.15, 0.2) is 0 Å². The molecule has 0 unspecified atom stereocenters. The number of amides is 1. The average Bonchev–Trinajstić information content (AvgIpc) is 3.55. The Morgan fingerprint density at radius 3 is 2.37 bits per heavy atom. The van der Waals surface area contributed by atoms with Crippen LogP contribution in [0, 0.1) is 12.8 Å². The highest BCUT2D eigenvalue weighted by Crippen LogP contribution is 2.64. The van der Waals surface area contributed by atoms with Crippen molar-refractivity contribution in [3.05, 3.63) is 136 Å². The van der Waals surface area contributed by atoms with Crippen molar-refractivity contribution < 1.29 is 23.9 Å². The predicted molar refractivity (Wildman–Crippen MR) is 177 cm³/mol. The second-order valence-electron chi connectivity index (χ2n) is 12.0. The number of aryl methyl sites for hydroxylation is 1. The number of fused-ring (bicyclic) bond motifs is 5. The van der Waals surface area contributed by atoms with Crippen LogP contribution in [0.5, 0.6) is 0 Å². The number of methoxy groups -OCH3 is 1. The van der Waals surface area contributed by atoms with Gasteiger partial charge in [-0.1, -0.05) is 90.0 Å². The fraction of sp³-hybridized carbons (Fsp3) is 0.237. The van der Waals surface area contributed by atoms with Crippen LogP contribution in [0.1, 0.15) is 52.3 Å². The van der Waals surface area contributed by atoms with Crippen LogP contribution in [0.25, 0.3) is 10.9 Å². The lowest BCUT2D eigenvalue weighted by atomic mass is 9.51. The number of rotatable bonds is 6. The van der Waals surface area contributed by atoms with Crippen molar-refractivity contribution >= 4 is 46.0 Å². The highest BCUT2D eigenvalue weighted by atomic mass is 35.5. The first kappa shape index (κ1) is 29.8. The zero-order valence-corrected chi connectivity index (χ0v) is 26.5. The van der Waals surface area contributed by atoms with E-state index in [-0.39, 0.29) is 19.1 Å². The molecule has 1 spiro atoms. The van der Waals surface area contributed by atoms with E-state index in [0.29, 0.717) is 22.0 Å². The van der Waals surface area contributed by atoms with Gasteiger partial charge in [-0.15, -0.1) is 0 Å². The molecule has 0 radical (unpaired) electrons. The molecule has 0 fully saturated rings. The van der Waals surface area contributed by atoms with Gasteiger partial charge in [0.1, 0.15) is 11.3 Å². The van der Waals surface area contributed by atoms with E-state index in [0.717, 1.165) is 33.2 Å². The Labute approximate surface area is 272 Å². The molecule has 2 heterocycles. The van der Waals surface area contributed by atoms with Crippen LogP contribution >= 0.6 is 11.6 Å². The molecule has 1 amide bonds. The van der Waals surface area contributed by atoms with Crippen molar-refractivity contribution in [2.45, 2.75) is 37.6 Å². The molecule has 7 rings (SSSR count). The van der Waals surface area contributed by atoms with Gasteiger partial charge in [-0.2, -0.15) is 0 Å². The number of ether oxygens (including phenoxy) is 2. The standard InChI is InChI=1S/C38H33ClN2O5/c1-4-46-35(42)31-33(36(43)45-3)38(27-20-22(2)14-19-29(27)41(37(38)44)21-23-10-6-5-7-11-23)32(24-15-17-25(39)18-16-24)30-26-12-8-9-13-28(26)40-34(30)31/h5-20,31-33,40H,4,21H2,1-3H3/t31-,32+,33+,38-/m0/s1. The number of nitrogens with zero attached hydrogens (tertiary/aromatic N) is 1. The number of esters is 2. The van der Waals surface area contributed by atoms with Gasteiger partial charge in [0, 0.05) is 33.2 Å². The first-order valence-electron chi connectivity index (χ1n) is 15.4. The molecule has 46 heavy (non-hydrogen) atoms. The Bertz CT molecular complexity index is 1990. The van der Waals surface area contributed by atoms with E-state index in [1.807, 2.05) is 91.9 Å². The van der Waals surface area contributed by atoms with Crippen LogP contribution < -0.4 is 4.90 Å². The highest BCUT2D eigenvalue weighted by molar-refractivity contribution is 6.30. The van der Waals surface area contributed by atoms with Gasteiger partial charge in [-0.05, 0) is 60.4 Å². The SMILES string of the molecule is CCOC(=O)[C@@H]1c2[nH]c3ccccc3c2[C@@H](c2ccc(Cl)cc2)[C@]2(C(=O)N(Cc3ccccc3)c3ccc(C)cc32)[C@H]1C(=O)OC. The van der Waals surface area contributed by atoms with Crippen LogP contribution in [0.4, 0.5) is 5.69 Å². The summed E-state index contributed by atoms with van der Waals surface area (Å²) in [7, 11) is 1.30. The number of para-hydroxylation sites is 1. The molecule has 4 aromatic carbocycles. The Morgan fingerprint density at radius 1 is 0.935 bits per heavy atom. The second-order valence-corrected chi connectivity index (χ2v) is 12.4. The topological polar surface area (TPSA) is 88.7 Å². The summed E-state index contributed by atoms with van der Waals surface area (Å²) < 4.78 is 11.2. The number of halogens is 1. The number of hydrogen-bond acceptors (Lipinski definition) is 5. The minimum atomic E-state index is -1.58. The summed E-state index contributed by atoms with van der Waals surface area (Å²) in [6, 6.07) is 30.8. The smallest absolute Gasteiger partial charge is 0.315 e. The monoisotopic (exact) mass is 632 g/mol. The lowest BCUT2D eigenvalue weighted by Crippen LogP contribution is -2.58. The summed E-state index contributed by atoms with van der Waals surface area (Å²) in [4.78, 5) is 49.4. The van der Waals surface area contributed by atoms with Crippen molar-refractivity contribution in [1.82, 2.24) is 4.98 Å². The summed E-state index contributed by atoms with van der Waals surface area (Å²) in [5, 5.41) is 1.40. The van der Waals surface area contributed by atoms with Gasteiger partial charge in [0.25, 0.3) is 0 Å². The highest BCUT2D eigenvalue weighted by Gasteiger charge is 2.69. The number of carbonyl (C=O) groups excluding carboxylic acids is 3. The zero-order valence-electron chi connectivity index (χ0n) is 25.8. The van der Waals surface area contributed by atoms with Gasteiger partial charge in [-0.3, -0.25) is 14.4 Å². The third kappa shape index (κ3) is 4.36. The van der Waals surface area contributed by atoms with Crippen LogP contribution in [-0.4, -0.2) is 36.5 Å². The van der Waals surface area contributed by atoms with Crippen molar-refractivity contribution in [3.8, 4) is 0 Å². The Hall–Kier alpha value is -4.88. The summed E-state index contributed by atoms with van der Waals surface area (Å²) >= 11 is 6.40. The molecule has 232 valence electrons. The van der Waals surface area contributed by atoms with Crippen molar-refractivity contribution in [2.75, 3.05) is 18.6 Å². The summed E-state index contributed by atoms with van der Waals surface area (Å²) in [6.07, 6.45) is 0. The first-order valence-corrected chi connectivity index (χ1v) is 15.8. The van der Waals surface area contributed by atoms with Crippen LogP contribution in [0.2, 0.25) is 5.02 Å². The number of aromatic nitrogens is 1. The van der Waals surface area contributed by atoms with Crippen molar-refractivity contribution in [2.24, 2.45) is 5.92 Å². The molecule has 5 aromatic rings. The van der Waals surface area contributed by atoms with E-state index < -0.39 is 35.1 Å². The molecule has 0 bridgehead atoms. The maximum atomic E-state index is 15.7. The maximum Gasteiger partial charge on any atom is 0.315 e. The van der Waals surface area contributed by atoms with Crippen molar-refractivity contribution in [1.29, 1.82) is 0 Å². The summed E-state index contributed by atoms with van der Waals surface area (Å²) in [6.45, 7) is 4.08. The minimum absolute atomic E-state index is 0.107. The number of aromatic amines is 1. The largest absolute Gasteiger partial charge is 0.469 e. The molecular formula is C38H33ClN2O5. The molecule has 0 saturated heterocycles. The van der Waals surface area contributed by atoms with E-state index >= 15 is 4.79 Å². The number of nitrogens with one attached hydrogen (secondary N) is 1. The fourth-order valence-electron chi connectivity index (χ4n) is 7.76. The number of carbonyl (C=O) groups is 3. The third-order valence-corrected chi connectivity index (χ3v) is 9.78. The van der Waals surface area contributed by atoms with Gasteiger partial charge < -0.3 is 19.4 Å². The normalized spacial score (nSPS) is 21.7. The predicted octanol–water partition coefficient (Wildman–Crippen LogP) is 7.20. The average molecular weight is 633 g/mol. The lowest BCUT2D eigenvalue weighted by molar-refractivity contribution is -0.161. The summed E-state index contributed by atoms with van der Waals surface area (Å²) in [5.41, 5.74) is 4.54. The fourth-order valence-corrected chi connectivity index (χ4v) is 7.89. The third-order valence-electron chi connectivity index (χ3n) is 9.53. The van der Waals surface area contributed by atoms with E-state index in [2.05, 4.69) is 4.98 Å². The van der Waals surface area contributed by atoms with Crippen LogP contribution in [0.15, 0.2) is 97.1 Å². The Balaban J connectivity index is 1.64. The second kappa shape index (κ2) is 11.5. The quantitative estimate of drug-likeness (QED) is 0.200. The van der Waals surface area contributed by atoms with Gasteiger partial charge in [-0.25, -0.2) is 0 Å². The summed E-state index contributed by atoms with van der Waals surface area (Å²) in [5.74, 6) is -4.64. The first-order chi connectivity index (χ1) is 22.3. The lowest BCUT2D eigenvalue weighted by Gasteiger charge is -2.48. The van der Waals surface area contributed by atoms with Gasteiger partial charge >= 0.3 is 11.9 Å². The van der Waals surface area contributed by atoms with E-state index in [4.69, 9.17) is 21.1 Å². The van der Waals surface area contributed by atoms with Crippen molar-refractivity contribution in [3.63, 3.8) is 0 Å². The number of hydrogen-bond donors (Lipinski definition) is 1. The van der Waals surface area contributed by atoms with E-state index in [1.165, 1.54) is 7.11 Å². The Morgan fingerprint density at radius 2 is 1.65 bits per heavy atom. The molecule has 0 saturated carbocycles. The molecule has 1 aromatic heterocycles. The number of H-pyrrole nitrogens is 1. The van der Waals surface area contributed by atoms with E-state index in [1.54, 1.807) is 24.0 Å². The molecule has 2 aliphatic rings. The Kier molecular flexibility index (Phi) is 7.44. The minimum Gasteiger partial charge on any atom is -0.469 e. The van der Waals surface area contributed by atoms with Crippen LogP contribution in [0.3, 0.4) is 0 Å². The molecule has 8 heteroatoms. The van der Waals surface area contributed by atoms with Gasteiger partial charge in [0.2, 0.25) is 5.91 Å². The van der Waals surface area contributed by atoms with Crippen LogP contribution in [-0.2, 0) is 35.8 Å². The maximum absolute atomic E-state index is 15.7.